The minimum atomic E-state index is -0.263. The summed E-state index contributed by atoms with van der Waals surface area (Å²) in [5.41, 5.74) is 8.49. The molecule has 1 fully saturated rings. The van der Waals surface area contributed by atoms with E-state index in [0.29, 0.717) is 23.0 Å². The van der Waals surface area contributed by atoms with Gasteiger partial charge in [0.2, 0.25) is 0 Å². The van der Waals surface area contributed by atoms with Gasteiger partial charge in [-0.1, -0.05) is 19.1 Å². The highest BCUT2D eigenvalue weighted by molar-refractivity contribution is 5.95. The molecule has 0 bridgehead atoms. The third kappa shape index (κ3) is 6.37. The average molecular weight is 506 g/mol. The van der Waals surface area contributed by atoms with E-state index in [1.165, 1.54) is 0 Å². The van der Waals surface area contributed by atoms with E-state index in [9.17, 15) is 4.79 Å². The van der Waals surface area contributed by atoms with Crippen molar-refractivity contribution in [3.63, 3.8) is 0 Å². The fraction of sp³-hybridized carbons (Fsp3) is 0.481. The molecule has 10 nitrogen and oxygen atoms in total. The van der Waals surface area contributed by atoms with Gasteiger partial charge in [0, 0.05) is 36.9 Å². The Hall–Kier alpha value is -3.66. The molecule has 3 aromatic rings. The quantitative estimate of drug-likeness (QED) is 0.319. The molecule has 1 aliphatic rings. The topological polar surface area (TPSA) is 126 Å². The van der Waals surface area contributed by atoms with E-state index in [2.05, 4.69) is 39.7 Å². The van der Waals surface area contributed by atoms with Crippen molar-refractivity contribution in [1.82, 2.24) is 24.9 Å². The van der Waals surface area contributed by atoms with Crippen molar-refractivity contribution in [3.8, 4) is 0 Å². The molecule has 0 atom stereocenters. The summed E-state index contributed by atoms with van der Waals surface area (Å²) in [4.78, 5) is 24.6. The lowest BCUT2D eigenvalue weighted by atomic mass is 9.92. The van der Waals surface area contributed by atoms with Gasteiger partial charge in [0.15, 0.2) is 11.3 Å². The highest BCUT2D eigenvalue weighted by Crippen LogP contribution is 2.27. The molecule has 198 valence electrons. The van der Waals surface area contributed by atoms with Gasteiger partial charge in [0.25, 0.3) is 5.91 Å². The van der Waals surface area contributed by atoms with Crippen LogP contribution in [-0.2, 0) is 0 Å². The van der Waals surface area contributed by atoms with Gasteiger partial charge in [0.1, 0.15) is 17.5 Å². The Morgan fingerprint density at radius 1 is 1.22 bits per heavy atom. The van der Waals surface area contributed by atoms with Crippen LogP contribution < -0.4 is 26.6 Å². The molecule has 3 aromatic heterocycles. The van der Waals surface area contributed by atoms with E-state index in [0.717, 1.165) is 62.4 Å². The second kappa shape index (κ2) is 12.1. The number of pyridine rings is 1. The highest BCUT2D eigenvalue weighted by atomic mass is 16.2. The summed E-state index contributed by atoms with van der Waals surface area (Å²) in [6, 6.07) is 8.43. The summed E-state index contributed by atoms with van der Waals surface area (Å²) in [7, 11) is 0. The molecule has 37 heavy (non-hydrogen) atoms. The van der Waals surface area contributed by atoms with Crippen molar-refractivity contribution >= 4 is 34.7 Å². The molecule has 0 spiro atoms. The van der Waals surface area contributed by atoms with Crippen LogP contribution in [0.4, 0.5) is 23.1 Å². The zero-order valence-corrected chi connectivity index (χ0v) is 22.3. The summed E-state index contributed by atoms with van der Waals surface area (Å²) in [6.07, 6.45) is 8.37. The first-order valence-electron chi connectivity index (χ1n) is 13.3. The van der Waals surface area contributed by atoms with Crippen molar-refractivity contribution in [1.29, 1.82) is 0 Å². The van der Waals surface area contributed by atoms with Crippen LogP contribution in [0, 0.1) is 0 Å². The van der Waals surface area contributed by atoms with Crippen LogP contribution in [0.3, 0.4) is 0 Å². The number of nitrogens with zero attached hydrogens (tertiary/aromatic N) is 5. The predicted molar refractivity (Wildman–Crippen MR) is 149 cm³/mol. The van der Waals surface area contributed by atoms with E-state index in [4.69, 9.17) is 15.8 Å². The fourth-order valence-corrected chi connectivity index (χ4v) is 4.59. The molecular weight excluding hydrogens is 466 g/mol. The Balaban J connectivity index is 1.70. The van der Waals surface area contributed by atoms with Crippen LogP contribution in [-0.4, -0.2) is 50.7 Å². The third-order valence-corrected chi connectivity index (χ3v) is 6.76. The number of fused-ring (bicyclic) bond motifs is 1. The number of nitrogens with two attached hydrogens (primary N) is 1. The van der Waals surface area contributed by atoms with Crippen molar-refractivity contribution < 1.29 is 4.79 Å². The molecule has 10 heteroatoms. The number of hydrogen-bond acceptors (Lipinski definition) is 8. The second-order valence-electron chi connectivity index (χ2n) is 9.59. The van der Waals surface area contributed by atoms with Gasteiger partial charge < -0.3 is 26.6 Å². The summed E-state index contributed by atoms with van der Waals surface area (Å²) in [5, 5.41) is 14.6. The largest absolute Gasteiger partial charge is 0.366 e. The molecular formula is C27H39N9O. The maximum absolute atomic E-state index is 13.0. The van der Waals surface area contributed by atoms with Crippen LogP contribution >= 0.6 is 0 Å². The molecule has 3 heterocycles. The van der Waals surface area contributed by atoms with Crippen molar-refractivity contribution in [2.75, 3.05) is 28.6 Å². The molecule has 4 rings (SSSR count). The first-order chi connectivity index (χ1) is 17.9. The van der Waals surface area contributed by atoms with Gasteiger partial charge in [-0.05, 0) is 65.0 Å². The first kappa shape index (κ1) is 26.4. The van der Waals surface area contributed by atoms with Crippen LogP contribution in [0.1, 0.15) is 70.3 Å². The average Bonchev–Trinajstić information content (AvgIpc) is 3.33. The van der Waals surface area contributed by atoms with E-state index in [1.54, 1.807) is 10.7 Å². The van der Waals surface area contributed by atoms with E-state index in [-0.39, 0.29) is 18.0 Å². The lowest BCUT2D eigenvalue weighted by Gasteiger charge is -2.27. The monoisotopic (exact) mass is 505 g/mol. The maximum Gasteiger partial charge on any atom is 0.275 e. The van der Waals surface area contributed by atoms with Gasteiger partial charge >= 0.3 is 0 Å². The standard InChI is InChI=1S/C27H39N9O/c1-5-15-35(7-3)25-10-8-9-23(33-25)32-21-16-24(31-20-13-11-19(28)12-14-20)34-36-22(17-29-26(21)36)27(37)30-18(4)6-2/h6,8-10,16-17,19-20H,5,7,11-15,28H2,1-4H3,(H,30,37)(H,31,34)(H,32,33)/b18-6+. The zero-order chi connectivity index (χ0) is 26.4. The number of nitrogens with one attached hydrogen (secondary N) is 3. The summed E-state index contributed by atoms with van der Waals surface area (Å²) in [5.74, 6) is 2.03. The number of carbonyl (C=O) groups is 1. The normalized spacial score (nSPS) is 18.0. The third-order valence-electron chi connectivity index (χ3n) is 6.76. The Morgan fingerprint density at radius 2 is 2.00 bits per heavy atom. The smallest absolute Gasteiger partial charge is 0.275 e. The molecule has 1 saturated carbocycles. The molecule has 1 aliphatic carbocycles. The number of rotatable bonds is 10. The number of anilines is 4. The molecule has 0 saturated heterocycles. The molecule has 0 unspecified atom stereocenters. The summed E-state index contributed by atoms with van der Waals surface area (Å²) >= 11 is 0. The summed E-state index contributed by atoms with van der Waals surface area (Å²) in [6.45, 7) is 9.84. The Bertz CT molecular complexity index is 1240. The second-order valence-corrected chi connectivity index (χ2v) is 9.59. The molecule has 5 N–H and O–H groups in total. The van der Waals surface area contributed by atoms with Gasteiger partial charge in [-0.25, -0.2) is 14.5 Å². The van der Waals surface area contributed by atoms with Crippen LogP contribution in [0.5, 0.6) is 0 Å². The number of hydrogen-bond donors (Lipinski definition) is 4. The minimum Gasteiger partial charge on any atom is -0.366 e. The number of aromatic nitrogens is 4. The van der Waals surface area contributed by atoms with E-state index < -0.39 is 0 Å². The maximum atomic E-state index is 13.0. The zero-order valence-electron chi connectivity index (χ0n) is 22.3. The van der Waals surface area contributed by atoms with Crippen molar-refractivity contribution in [3.05, 3.63) is 47.9 Å². The minimum absolute atomic E-state index is 0.262. The highest BCUT2D eigenvalue weighted by Gasteiger charge is 2.21. The van der Waals surface area contributed by atoms with Gasteiger partial charge in [-0.3, -0.25) is 4.79 Å². The fourth-order valence-electron chi connectivity index (χ4n) is 4.59. The van der Waals surface area contributed by atoms with Gasteiger partial charge in [-0.2, -0.15) is 0 Å². The molecule has 0 aliphatic heterocycles. The lowest BCUT2D eigenvalue weighted by Crippen LogP contribution is -2.33. The van der Waals surface area contributed by atoms with Crippen LogP contribution in [0.15, 0.2) is 42.2 Å². The molecule has 0 aromatic carbocycles. The Kier molecular flexibility index (Phi) is 8.60. The number of amides is 1. The van der Waals surface area contributed by atoms with Crippen molar-refractivity contribution in [2.24, 2.45) is 5.73 Å². The van der Waals surface area contributed by atoms with Crippen LogP contribution in [0.2, 0.25) is 0 Å². The predicted octanol–water partition coefficient (Wildman–Crippen LogP) is 4.44. The van der Waals surface area contributed by atoms with Crippen LogP contribution in [0.25, 0.3) is 5.65 Å². The van der Waals surface area contributed by atoms with Gasteiger partial charge in [0.05, 0.1) is 11.9 Å². The Morgan fingerprint density at radius 3 is 2.70 bits per heavy atom. The van der Waals surface area contributed by atoms with Crippen molar-refractivity contribution in [2.45, 2.75) is 71.9 Å². The SMILES string of the molecule is C/C=C(\C)NC(=O)c1cnc2c(Nc3cccc(N(CC)CCC)n3)cc(NC3CCC(N)CC3)nn12. The van der Waals surface area contributed by atoms with E-state index in [1.807, 2.05) is 44.2 Å². The molecule has 0 radical (unpaired) electrons. The first-order valence-corrected chi connectivity index (χ1v) is 13.3. The number of carbonyl (C=O) groups excluding carboxylic acids is 1. The number of allylic oxidation sites excluding steroid dienone is 2. The van der Waals surface area contributed by atoms with E-state index >= 15 is 0 Å². The lowest BCUT2D eigenvalue weighted by molar-refractivity contribution is 0.0959. The van der Waals surface area contributed by atoms with Gasteiger partial charge in [-0.15, -0.1) is 5.10 Å². The number of imidazole rings is 1. The summed E-state index contributed by atoms with van der Waals surface area (Å²) < 4.78 is 1.59. The Labute approximate surface area is 218 Å². The molecule has 1 amide bonds.